The minimum atomic E-state index is 0.000657. The van der Waals surface area contributed by atoms with Gasteiger partial charge in [-0.15, -0.1) is 0 Å². The van der Waals surface area contributed by atoms with Crippen molar-refractivity contribution in [2.75, 3.05) is 13.1 Å². The van der Waals surface area contributed by atoms with E-state index in [9.17, 15) is 4.79 Å². The second-order valence-corrected chi connectivity index (χ2v) is 7.66. The van der Waals surface area contributed by atoms with Crippen LogP contribution in [0.4, 0.5) is 0 Å². The standard InChI is InChI=1S/C22H20N6O/c1-14-7-9-27(22(29)16-4-2-15(10-23)3-5-16)13-18(14)21-26-12-17-11-25-20-19(28(17)21)6-8-24-20/h2-6,8,11-12,14,18,24H,7,9,13H2,1H3/t14-,18+/m1/s1. The third kappa shape index (κ3) is 2.85. The van der Waals surface area contributed by atoms with Gasteiger partial charge in [0.15, 0.2) is 5.65 Å². The summed E-state index contributed by atoms with van der Waals surface area (Å²) in [6, 6.07) is 10.9. The number of nitriles is 1. The number of likely N-dealkylation sites (tertiary alicyclic amines) is 1. The highest BCUT2D eigenvalue weighted by molar-refractivity contribution is 5.94. The summed E-state index contributed by atoms with van der Waals surface area (Å²) in [6.45, 7) is 3.57. The smallest absolute Gasteiger partial charge is 0.253 e. The third-order valence-electron chi connectivity index (χ3n) is 5.93. The zero-order chi connectivity index (χ0) is 20.0. The monoisotopic (exact) mass is 384 g/mol. The summed E-state index contributed by atoms with van der Waals surface area (Å²) in [5.41, 5.74) is 3.94. The van der Waals surface area contributed by atoms with Crippen molar-refractivity contribution in [3.63, 3.8) is 0 Å². The Morgan fingerprint density at radius 1 is 1.21 bits per heavy atom. The molecule has 1 N–H and O–H groups in total. The molecule has 2 atom stereocenters. The number of H-pyrrole nitrogens is 1. The first-order chi connectivity index (χ1) is 14.2. The van der Waals surface area contributed by atoms with Gasteiger partial charge >= 0.3 is 0 Å². The minimum Gasteiger partial charge on any atom is -0.345 e. The van der Waals surface area contributed by atoms with E-state index in [4.69, 9.17) is 10.2 Å². The summed E-state index contributed by atoms with van der Waals surface area (Å²) in [5.74, 6) is 1.51. The molecule has 1 aliphatic heterocycles. The number of aromatic amines is 1. The molecule has 0 bridgehead atoms. The Morgan fingerprint density at radius 3 is 2.79 bits per heavy atom. The van der Waals surface area contributed by atoms with Crippen molar-refractivity contribution in [2.24, 2.45) is 5.92 Å². The molecule has 29 heavy (non-hydrogen) atoms. The molecular formula is C22H20N6O. The number of benzene rings is 1. The highest BCUT2D eigenvalue weighted by Gasteiger charge is 2.33. The van der Waals surface area contributed by atoms with Gasteiger partial charge in [0, 0.05) is 30.8 Å². The second-order valence-electron chi connectivity index (χ2n) is 7.66. The molecule has 5 rings (SSSR count). The largest absolute Gasteiger partial charge is 0.345 e. The van der Waals surface area contributed by atoms with Gasteiger partial charge in [0.1, 0.15) is 5.82 Å². The first kappa shape index (κ1) is 17.4. The summed E-state index contributed by atoms with van der Waals surface area (Å²) in [6.07, 6.45) is 6.47. The zero-order valence-electron chi connectivity index (χ0n) is 16.0. The van der Waals surface area contributed by atoms with E-state index in [-0.39, 0.29) is 11.8 Å². The Hall–Kier alpha value is -3.66. The number of amides is 1. The number of aromatic nitrogens is 4. The van der Waals surface area contributed by atoms with E-state index in [1.807, 2.05) is 29.6 Å². The molecule has 0 saturated carbocycles. The molecule has 0 unspecified atom stereocenters. The predicted molar refractivity (Wildman–Crippen MR) is 108 cm³/mol. The summed E-state index contributed by atoms with van der Waals surface area (Å²) < 4.78 is 2.15. The van der Waals surface area contributed by atoms with Crippen molar-refractivity contribution < 1.29 is 4.79 Å². The van der Waals surface area contributed by atoms with Gasteiger partial charge in [0.2, 0.25) is 0 Å². The van der Waals surface area contributed by atoms with Gasteiger partial charge in [-0.25, -0.2) is 9.97 Å². The van der Waals surface area contributed by atoms with Crippen molar-refractivity contribution >= 4 is 22.6 Å². The average molecular weight is 384 g/mol. The molecule has 1 fully saturated rings. The lowest BCUT2D eigenvalue weighted by Gasteiger charge is -2.36. The van der Waals surface area contributed by atoms with Crippen LogP contribution in [0.2, 0.25) is 0 Å². The van der Waals surface area contributed by atoms with Crippen molar-refractivity contribution in [1.29, 1.82) is 5.26 Å². The molecular weight excluding hydrogens is 364 g/mol. The maximum Gasteiger partial charge on any atom is 0.253 e. The summed E-state index contributed by atoms with van der Waals surface area (Å²) in [7, 11) is 0. The average Bonchev–Trinajstić information content (AvgIpc) is 3.40. The number of piperidine rings is 1. The Bertz CT molecular complexity index is 1250. The summed E-state index contributed by atoms with van der Waals surface area (Å²) in [5, 5.41) is 8.97. The lowest BCUT2D eigenvalue weighted by Crippen LogP contribution is -2.42. The minimum absolute atomic E-state index is 0.000657. The molecule has 4 heterocycles. The SMILES string of the molecule is C[C@@H]1CCN(C(=O)c2ccc(C#N)cc2)C[C@@H]1c1ncc2cnc3[nH]ccc3n12. The van der Waals surface area contributed by atoms with Crippen LogP contribution in [0.1, 0.15) is 41.0 Å². The molecule has 1 saturated heterocycles. The number of fused-ring (bicyclic) bond motifs is 3. The maximum atomic E-state index is 13.1. The van der Waals surface area contributed by atoms with Crippen molar-refractivity contribution in [2.45, 2.75) is 19.3 Å². The maximum absolute atomic E-state index is 13.1. The summed E-state index contributed by atoms with van der Waals surface area (Å²) in [4.78, 5) is 27.3. The molecule has 0 radical (unpaired) electrons. The number of nitrogens with one attached hydrogen (secondary N) is 1. The van der Waals surface area contributed by atoms with Crippen LogP contribution in [0.3, 0.4) is 0 Å². The fraction of sp³-hybridized carbons (Fsp3) is 0.273. The van der Waals surface area contributed by atoms with Gasteiger partial charge < -0.3 is 9.88 Å². The van der Waals surface area contributed by atoms with Gasteiger partial charge in [-0.2, -0.15) is 5.26 Å². The number of carbonyl (C=O) groups is 1. The first-order valence-corrected chi connectivity index (χ1v) is 9.74. The fourth-order valence-electron chi connectivity index (χ4n) is 4.22. The van der Waals surface area contributed by atoms with Gasteiger partial charge in [0.05, 0.1) is 35.1 Å². The number of imidazole rings is 1. The highest BCUT2D eigenvalue weighted by Crippen LogP contribution is 2.33. The van der Waals surface area contributed by atoms with Crippen molar-refractivity contribution in [3.8, 4) is 6.07 Å². The lowest BCUT2D eigenvalue weighted by atomic mass is 9.86. The molecule has 1 aromatic carbocycles. The first-order valence-electron chi connectivity index (χ1n) is 9.74. The molecule has 4 aromatic rings. The highest BCUT2D eigenvalue weighted by atomic mass is 16.2. The number of carbonyl (C=O) groups excluding carboxylic acids is 1. The molecule has 3 aromatic heterocycles. The number of hydrogen-bond donors (Lipinski definition) is 1. The van der Waals surface area contributed by atoms with E-state index >= 15 is 0 Å². The van der Waals surface area contributed by atoms with E-state index in [1.54, 1.807) is 24.3 Å². The Morgan fingerprint density at radius 2 is 2.00 bits per heavy atom. The third-order valence-corrected chi connectivity index (χ3v) is 5.93. The number of rotatable bonds is 2. The molecule has 144 valence electrons. The fourth-order valence-corrected chi connectivity index (χ4v) is 4.22. The quantitative estimate of drug-likeness (QED) is 0.574. The second kappa shape index (κ2) is 6.74. The van der Waals surface area contributed by atoms with E-state index in [1.165, 1.54) is 0 Å². The predicted octanol–water partition coefficient (Wildman–Crippen LogP) is 3.35. The molecule has 0 spiro atoms. The summed E-state index contributed by atoms with van der Waals surface area (Å²) >= 11 is 0. The van der Waals surface area contributed by atoms with Crippen LogP contribution in [-0.4, -0.2) is 43.2 Å². The van der Waals surface area contributed by atoms with E-state index in [2.05, 4.69) is 27.4 Å². The van der Waals surface area contributed by atoms with Crippen LogP contribution in [0.25, 0.3) is 16.7 Å². The zero-order valence-corrected chi connectivity index (χ0v) is 16.0. The van der Waals surface area contributed by atoms with Gasteiger partial charge in [-0.05, 0) is 42.7 Å². The van der Waals surface area contributed by atoms with Crippen molar-refractivity contribution in [3.05, 3.63) is 65.9 Å². The molecule has 1 aliphatic rings. The van der Waals surface area contributed by atoms with Crippen molar-refractivity contribution in [1.82, 2.24) is 24.3 Å². The Labute approximate surface area is 167 Å². The van der Waals surface area contributed by atoms with Gasteiger partial charge in [-0.3, -0.25) is 9.20 Å². The van der Waals surface area contributed by atoms with E-state index in [0.29, 0.717) is 23.6 Å². The Kier molecular flexibility index (Phi) is 4.06. The molecule has 0 aliphatic carbocycles. The number of nitrogens with zero attached hydrogens (tertiary/aromatic N) is 5. The van der Waals surface area contributed by atoms with Crippen LogP contribution in [0.5, 0.6) is 0 Å². The van der Waals surface area contributed by atoms with Crippen LogP contribution < -0.4 is 0 Å². The van der Waals surface area contributed by atoms with Crippen LogP contribution >= 0.6 is 0 Å². The molecule has 1 amide bonds. The van der Waals surface area contributed by atoms with Crippen LogP contribution in [0.15, 0.2) is 48.9 Å². The lowest BCUT2D eigenvalue weighted by molar-refractivity contribution is 0.0665. The van der Waals surface area contributed by atoms with E-state index < -0.39 is 0 Å². The Balaban J connectivity index is 1.49. The van der Waals surface area contributed by atoms with Gasteiger partial charge in [0.25, 0.3) is 5.91 Å². The molecule has 7 nitrogen and oxygen atoms in total. The van der Waals surface area contributed by atoms with Crippen LogP contribution in [-0.2, 0) is 0 Å². The number of hydrogen-bond acceptors (Lipinski definition) is 4. The van der Waals surface area contributed by atoms with Gasteiger partial charge in [-0.1, -0.05) is 6.92 Å². The van der Waals surface area contributed by atoms with Crippen LogP contribution in [0, 0.1) is 17.2 Å². The molecule has 7 heteroatoms. The topological polar surface area (TPSA) is 90.1 Å². The normalized spacial score (nSPS) is 19.5. The van der Waals surface area contributed by atoms with E-state index in [0.717, 1.165) is 35.5 Å².